The minimum atomic E-state index is -0.652. The third-order valence-corrected chi connectivity index (χ3v) is 3.71. The molecule has 1 atom stereocenters. The zero-order chi connectivity index (χ0) is 13.1. The van der Waals surface area contributed by atoms with Crippen LogP contribution >= 0.6 is 0 Å². The van der Waals surface area contributed by atoms with Gasteiger partial charge in [0.2, 0.25) is 0 Å². The molecule has 1 N–H and O–H groups in total. The van der Waals surface area contributed by atoms with Crippen LogP contribution < -0.4 is 0 Å². The summed E-state index contributed by atoms with van der Waals surface area (Å²) in [4.78, 5) is 10.7. The van der Waals surface area contributed by atoms with Crippen molar-refractivity contribution >= 4 is 5.97 Å². The molecule has 2 heteroatoms. The summed E-state index contributed by atoms with van der Waals surface area (Å²) in [6.07, 6.45) is 11.1. The molecule has 17 heavy (non-hydrogen) atoms. The van der Waals surface area contributed by atoms with Gasteiger partial charge in [0.05, 0.1) is 0 Å². The quantitative estimate of drug-likeness (QED) is 0.517. The van der Waals surface area contributed by atoms with E-state index >= 15 is 0 Å². The van der Waals surface area contributed by atoms with Gasteiger partial charge in [0, 0.05) is 6.42 Å². The lowest BCUT2D eigenvalue weighted by atomic mass is 9.76. The predicted molar refractivity (Wildman–Crippen MR) is 73.3 cm³/mol. The summed E-state index contributed by atoms with van der Waals surface area (Å²) < 4.78 is 0. The molecule has 0 saturated heterocycles. The molecule has 0 aromatic heterocycles. The molecule has 0 aromatic carbocycles. The van der Waals surface area contributed by atoms with Gasteiger partial charge >= 0.3 is 5.97 Å². The summed E-state index contributed by atoms with van der Waals surface area (Å²) in [6.45, 7) is 6.70. The Morgan fingerprint density at radius 2 is 1.53 bits per heavy atom. The van der Waals surface area contributed by atoms with Crippen molar-refractivity contribution in [2.45, 2.75) is 85.0 Å². The predicted octanol–water partition coefficient (Wildman–Crippen LogP) is 5.02. The van der Waals surface area contributed by atoms with E-state index in [2.05, 4.69) is 20.8 Å². The number of rotatable bonds is 11. The number of hydrogen-bond donors (Lipinski definition) is 1. The topological polar surface area (TPSA) is 37.3 Å². The Bertz CT molecular complexity index is 201. The number of carboxylic acids is 1. The van der Waals surface area contributed by atoms with Crippen LogP contribution in [0.2, 0.25) is 0 Å². The summed E-state index contributed by atoms with van der Waals surface area (Å²) in [5.74, 6) is -0.652. The van der Waals surface area contributed by atoms with Crippen LogP contribution in [0.1, 0.15) is 85.0 Å². The number of unbranched alkanes of at least 4 members (excludes halogenated alkanes) is 4. The molecule has 0 rings (SSSR count). The van der Waals surface area contributed by atoms with Crippen LogP contribution in [0.5, 0.6) is 0 Å². The maximum Gasteiger partial charge on any atom is 0.303 e. The Kier molecular flexibility index (Phi) is 9.20. The normalized spacial score (nSPS) is 14.5. The Labute approximate surface area is 107 Å². The Balaban J connectivity index is 4.03. The molecule has 0 spiro atoms. The van der Waals surface area contributed by atoms with E-state index in [9.17, 15) is 4.79 Å². The molecule has 0 amide bonds. The minimum Gasteiger partial charge on any atom is -0.481 e. The fourth-order valence-corrected chi connectivity index (χ4v) is 2.37. The summed E-state index contributed by atoms with van der Waals surface area (Å²) in [5, 5.41) is 8.81. The van der Waals surface area contributed by atoms with Crippen molar-refractivity contribution in [3.05, 3.63) is 0 Å². The van der Waals surface area contributed by atoms with Gasteiger partial charge < -0.3 is 5.11 Å². The SMILES string of the molecule is CCCCCCC(C)(CCCC)CCC(=O)O. The van der Waals surface area contributed by atoms with Crippen LogP contribution in [0.15, 0.2) is 0 Å². The van der Waals surface area contributed by atoms with Gasteiger partial charge in [-0.1, -0.05) is 59.3 Å². The van der Waals surface area contributed by atoms with Crippen molar-refractivity contribution in [1.29, 1.82) is 0 Å². The van der Waals surface area contributed by atoms with Crippen LogP contribution in [0, 0.1) is 5.41 Å². The Morgan fingerprint density at radius 1 is 0.941 bits per heavy atom. The largest absolute Gasteiger partial charge is 0.481 e. The van der Waals surface area contributed by atoms with E-state index in [1.54, 1.807) is 0 Å². The molecule has 0 heterocycles. The van der Waals surface area contributed by atoms with E-state index in [0.717, 1.165) is 6.42 Å². The standard InChI is InChI=1S/C15H30O2/c1-4-6-8-9-12-15(3,11-7-5-2)13-10-14(16)17/h4-13H2,1-3H3,(H,16,17). The second-order valence-electron chi connectivity index (χ2n) is 5.62. The highest BCUT2D eigenvalue weighted by Crippen LogP contribution is 2.35. The van der Waals surface area contributed by atoms with Crippen LogP contribution in [-0.2, 0) is 4.79 Å². The molecule has 0 fully saturated rings. The van der Waals surface area contributed by atoms with Crippen LogP contribution in [0.3, 0.4) is 0 Å². The lowest BCUT2D eigenvalue weighted by Gasteiger charge is -2.29. The second-order valence-corrected chi connectivity index (χ2v) is 5.62. The lowest BCUT2D eigenvalue weighted by molar-refractivity contribution is -0.137. The maximum absolute atomic E-state index is 10.7. The van der Waals surface area contributed by atoms with E-state index < -0.39 is 5.97 Å². The van der Waals surface area contributed by atoms with Gasteiger partial charge in [0.1, 0.15) is 0 Å². The van der Waals surface area contributed by atoms with Crippen LogP contribution in [0.25, 0.3) is 0 Å². The average molecular weight is 242 g/mol. The van der Waals surface area contributed by atoms with Crippen molar-refractivity contribution in [2.24, 2.45) is 5.41 Å². The van der Waals surface area contributed by atoms with E-state index in [1.807, 2.05) is 0 Å². The van der Waals surface area contributed by atoms with Crippen molar-refractivity contribution in [1.82, 2.24) is 0 Å². The number of carbonyl (C=O) groups is 1. The van der Waals surface area contributed by atoms with Gasteiger partial charge in [-0.05, 0) is 24.7 Å². The first-order valence-electron chi connectivity index (χ1n) is 7.26. The number of hydrogen-bond acceptors (Lipinski definition) is 1. The van der Waals surface area contributed by atoms with Crippen molar-refractivity contribution in [3.8, 4) is 0 Å². The van der Waals surface area contributed by atoms with Crippen molar-refractivity contribution in [3.63, 3.8) is 0 Å². The van der Waals surface area contributed by atoms with Gasteiger partial charge in [-0.2, -0.15) is 0 Å². The first-order valence-corrected chi connectivity index (χ1v) is 7.26. The highest BCUT2D eigenvalue weighted by Gasteiger charge is 2.23. The average Bonchev–Trinajstić information content (AvgIpc) is 2.30. The highest BCUT2D eigenvalue weighted by molar-refractivity contribution is 5.66. The molecule has 0 aliphatic rings. The van der Waals surface area contributed by atoms with Crippen LogP contribution in [-0.4, -0.2) is 11.1 Å². The van der Waals surface area contributed by atoms with Gasteiger partial charge in [0.25, 0.3) is 0 Å². The van der Waals surface area contributed by atoms with Crippen LogP contribution in [0.4, 0.5) is 0 Å². The van der Waals surface area contributed by atoms with E-state index in [0.29, 0.717) is 6.42 Å². The fourth-order valence-electron chi connectivity index (χ4n) is 2.37. The fraction of sp³-hybridized carbons (Fsp3) is 0.933. The minimum absolute atomic E-state index is 0.252. The summed E-state index contributed by atoms with van der Waals surface area (Å²) in [6, 6.07) is 0. The van der Waals surface area contributed by atoms with Gasteiger partial charge in [0.15, 0.2) is 0 Å². The summed E-state index contributed by atoms with van der Waals surface area (Å²) >= 11 is 0. The molecular weight excluding hydrogens is 212 g/mol. The summed E-state index contributed by atoms with van der Waals surface area (Å²) in [5.41, 5.74) is 0.252. The third-order valence-electron chi connectivity index (χ3n) is 3.71. The molecule has 0 radical (unpaired) electrons. The zero-order valence-corrected chi connectivity index (χ0v) is 11.9. The van der Waals surface area contributed by atoms with Gasteiger partial charge in [-0.15, -0.1) is 0 Å². The monoisotopic (exact) mass is 242 g/mol. The molecule has 102 valence electrons. The molecular formula is C15H30O2. The second kappa shape index (κ2) is 9.49. The Hall–Kier alpha value is -0.530. The first-order chi connectivity index (χ1) is 8.04. The summed E-state index contributed by atoms with van der Waals surface area (Å²) in [7, 11) is 0. The molecule has 0 aliphatic heterocycles. The molecule has 1 unspecified atom stereocenters. The van der Waals surface area contributed by atoms with E-state index in [4.69, 9.17) is 5.11 Å². The van der Waals surface area contributed by atoms with E-state index in [-0.39, 0.29) is 5.41 Å². The maximum atomic E-state index is 10.7. The number of carboxylic acid groups (broad SMARTS) is 1. The number of aliphatic carboxylic acids is 1. The molecule has 0 aliphatic carbocycles. The molecule has 2 nitrogen and oxygen atoms in total. The highest BCUT2D eigenvalue weighted by atomic mass is 16.4. The molecule has 0 saturated carbocycles. The van der Waals surface area contributed by atoms with Gasteiger partial charge in [-0.3, -0.25) is 4.79 Å². The van der Waals surface area contributed by atoms with Crippen molar-refractivity contribution < 1.29 is 9.90 Å². The zero-order valence-electron chi connectivity index (χ0n) is 11.9. The molecule has 0 bridgehead atoms. The lowest BCUT2D eigenvalue weighted by Crippen LogP contribution is -2.18. The molecule has 0 aromatic rings. The third kappa shape index (κ3) is 9.20. The van der Waals surface area contributed by atoms with Crippen molar-refractivity contribution in [2.75, 3.05) is 0 Å². The Morgan fingerprint density at radius 3 is 2.06 bits per heavy atom. The smallest absolute Gasteiger partial charge is 0.303 e. The van der Waals surface area contributed by atoms with E-state index in [1.165, 1.54) is 51.4 Å². The first kappa shape index (κ1) is 16.5. The van der Waals surface area contributed by atoms with Gasteiger partial charge in [-0.25, -0.2) is 0 Å².